The molecule has 0 unspecified atom stereocenters. The van der Waals surface area contributed by atoms with Crippen molar-refractivity contribution in [1.82, 2.24) is 4.98 Å². The van der Waals surface area contributed by atoms with E-state index in [1.165, 1.54) is 11.6 Å². The molecule has 0 spiro atoms. The topological polar surface area (TPSA) is 116 Å². The van der Waals surface area contributed by atoms with Gasteiger partial charge in [-0.05, 0) is 37.1 Å². The number of hydrogen-bond donors (Lipinski definition) is 2. The Morgan fingerprint density at radius 1 is 1.28 bits per heavy atom. The zero-order valence-electron chi connectivity index (χ0n) is 13.9. The van der Waals surface area contributed by atoms with Gasteiger partial charge in [0, 0.05) is 5.69 Å². The van der Waals surface area contributed by atoms with Crippen molar-refractivity contribution in [3.8, 4) is 12.1 Å². The molecule has 0 saturated carbocycles. The van der Waals surface area contributed by atoms with Gasteiger partial charge in [0.2, 0.25) is 5.91 Å². The lowest BCUT2D eigenvalue weighted by molar-refractivity contribution is -0.115. The molecule has 25 heavy (non-hydrogen) atoms. The summed E-state index contributed by atoms with van der Waals surface area (Å²) in [5.74, 6) is -0.158. The average Bonchev–Trinajstić information content (AvgIpc) is 2.62. The number of hydrogen-bond acceptors (Lipinski definition) is 6. The Balaban J connectivity index is 2.12. The van der Waals surface area contributed by atoms with Crippen LogP contribution in [0.15, 0.2) is 35.4 Å². The smallest absolute Gasteiger partial charge is 0.237 e. The van der Waals surface area contributed by atoms with Crippen LogP contribution in [0.3, 0.4) is 0 Å². The highest BCUT2D eigenvalue weighted by Gasteiger charge is 2.19. The number of carbonyl (C=O) groups is 1. The van der Waals surface area contributed by atoms with Crippen LogP contribution >= 0.6 is 11.8 Å². The van der Waals surface area contributed by atoms with Crippen molar-refractivity contribution in [2.24, 2.45) is 0 Å². The zero-order chi connectivity index (χ0) is 18.4. The number of nitrogens with two attached hydrogens (primary N) is 1. The Kier molecular flexibility index (Phi) is 5.99. The van der Waals surface area contributed by atoms with Crippen molar-refractivity contribution in [1.29, 1.82) is 10.5 Å². The molecule has 1 aromatic carbocycles. The van der Waals surface area contributed by atoms with Gasteiger partial charge in [0.25, 0.3) is 0 Å². The molecule has 0 fully saturated rings. The highest BCUT2D eigenvalue weighted by Crippen LogP contribution is 2.28. The first-order chi connectivity index (χ1) is 12.0. The maximum atomic E-state index is 12.4. The van der Waals surface area contributed by atoms with Gasteiger partial charge in [-0.3, -0.25) is 4.79 Å². The summed E-state index contributed by atoms with van der Waals surface area (Å²) in [4.78, 5) is 16.4. The van der Waals surface area contributed by atoms with Gasteiger partial charge in [-0.15, -0.1) is 0 Å². The number of carbonyl (C=O) groups excluding carboxylic acids is 1. The molecule has 0 bridgehead atoms. The predicted molar refractivity (Wildman–Crippen MR) is 97.8 cm³/mol. The van der Waals surface area contributed by atoms with Gasteiger partial charge in [0.15, 0.2) is 0 Å². The number of aryl methyl sites for hydroxylation is 1. The molecule has 1 heterocycles. The second-order valence-electron chi connectivity index (χ2n) is 5.30. The number of nitrogens with zero attached hydrogens (tertiary/aromatic N) is 3. The molecule has 0 aliphatic carbocycles. The number of nitriles is 2. The summed E-state index contributed by atoms with van der Waals surface area (Å²) in [6.07, 6.45) is 0.934. The van der Waals surface area contributed by atoms with Gasteiger partial charge in [0.05, 0.1) is 16.4 Å². The van der Waals surface area contributed by atoms with E-state index in [1.54, 1.807) is 6.92 Å². The minimum absolute atomic E-state index is 0.0479. The highest BCUT2D eigenvalue weighted by molar-refractivity contribution is 8.00. The molecular weight excluding hydrogens is 334 g/mol. The molecule has 0 aliphatic heterocycles. The number of pyridine rings is 1. The molecule has 126 valence electrons. The first kappa shape index (κ1) is 18.3. The lowest BCUT2D eigenvalue weighted by Crippen LogP contribution is -2.22. The second-order valence-corrected chi connectivity index (χ2v) is 6.63. The fraction of sp³-hybridized carbons (Fsp3) is 0.222. The molecule has 2 aromatic rings. The van der Waals surface area contributed by atoms with E-state index in [4.69, 9.17) is 11.0 Å². The number of benzene rings is 1. The number of thioether (sulfide) groups is 1. The van der Waals surface area contributed by atoms with Crippen LogP contribution in [-0.2, 0) is 11.2 Å². The molecule has 6 nitrogen and oxygen atoms in total. The summed E-state index contributed by atoms with van der Waals surface area (Å²) >= 11 is 1.13. The van der Waals surface area contributed by atoms with Gasteiger partial charge in [-0.2, -0.15) is 10.5 Å². The van der Waals surface area contributed by atoms with Crippen LogP contribution in [0, 0.1) is 22.7 Å². The predicted octanol–water partition coefficient (Wildman–Crippen LogP) is 3.09. The number of rotatable bonds is 5. The van der Waals surface area contributed by atoms with E-state index in [-0.39, 0.29) is 22.9 Å². The fourth-order valence-electron chi connectivity index (χ4n) is 2.06. The minimum Gasteiger partial charge on any atom is -0.383 e. The van der Waals surface area contributed by atoms with Crippen molar-refractivity contribution >= 4 is 29.2 Å². The maximum absolute atomic E-state index is 12.4. The molecule has 1 aromatic heterocycles. The van der Waals surface area contributed by atoms with Crippen molar-refractivity contribution in [3.05, 3.63) is 47.0 Å². The molecular formula is C18H17N5OS. The van der Waals surface area contributed by atoms with E-state index < -0.39 is 5.25 Å². The van der Waals surface area contributed by atoms with Crippen LogP contribution in [0.1, 0.15) is 30.5 Å². The Labute approximate surface area is 150 Å². The van der Waals surface area contributed by atoms with Crippen LogP contribution in [0.25, 0.3) is 0 Å². The number of anilines is 2. The molecule has 1 atom stereocenters. The lowest BCUT2D eigenvalue weighted by Gasteiger charge is -2.13. The number of nitrogen functional groups attached to an aromatic ring is 1. The summed E-state index contributed by atoms with van der Waals surface area (Å²) < 4.78 is 0. The zero-order valence-corrected chi connectivity index (χ0v) is 14.7. The first-order valence-corrected chi connectivity index (χ1v) is 8.53. The number of amides is 1. The van der Waals surface area contributed by atoms with E-state index >= 15 is 0 Å². The van der Waals surface area contributed by atoms with Crippen molar-refractivity contribution in [2.45, 2.75) is 30.5 Å². The third kappa shape index (κ3) is 4.50. The average molecular weight is 351 g/mol. The van der Waals surface area contributed by atoms with Crippen LogP contribution in [0.5, 0.6) is 0 Å². The normalized spacial score (nSPS) is 11.2. The maximum Gasteiger partial charge on any atom is 0.237 e. The summed E-state index contributed by atoms with van der Waals surface area (Å²) in [6, 6.07) is 12.9. The standard InChI is InChI=1S/C18H17N5OS/c1-3-12-4-6-15(7-5-12)22-17(24)11(2)25-18-14(10-20)8-13(9-19)16(21)23-18/h4-8,11H,3H2,1-2H3,(H2,21,23)(H,22,24)/t11-/m0/s1. The van der Waals surface area contributed by atoms with E-state index in [1.807, 2.05) is 36.4 Å². The summed E-state index contributed by atoms with van der Waals surface area (Å²) in [7, 11) is 0. The van der Waals surface area contributed by atoms with Crippen molar-refractivity contribution in [2.75, 3.05) is 11.1 Å². The van der Waals surface area contributed by atoms with Gasteiger partial charge in [-0.1, -0.05) is 30.8 Å². The van der Waals surface area contributed by atoms with Gasteiger partial charge in [-0.25, -0.2) is 4.98 Å². The van der Waals surface area contributed by atoms with Crippen LogP contribution in [-0.4, -0.2) is 16.1 Å². The Morgan fingerprint density at radius 3 is 2.48 bits per heavy atom. The first-order valence-electron chi connectivity index (χ1n) is 7.65. The lowest BCUT2D eigenvalue weighted by atomic mass is 10.1. The van der Waals surface area contributed by atoms with E-state index in [0.29, 0.717) is 10.7 Å². The van der Waals surface area contributed by atoms with Crippen LogP contribution in [0.2, 0.25) is 0 Å². The van der Waals surface area contributed by atoms with Gasteiger partial charge in [0.1, 0.15) is 23.0 Å². The van der Waals surface area contributed by atoms with Crippen LogP contribution in [0.4, 0.5) is 11.5 Å². The van der Waals surface area contributed by atoms with Gasteiger partial charge < -0.3 is 11.1 Å². The molecule has 1 amide bonds. The third-order valence-electron chi connectivity index (χ3n) is 3.55. The number of nitrogens with one attached hydrogen (secondary N) is 1. The molecule has 0 radical (unpaired) electrons. The largest absolute Gasteiger partial charge is 0.383 e. The molecule has 0 saturated heterocycles. The number of aromatic nitrogens is 1. The van der Waals surface area contributed by atoms with E-state index in [0.717, 1.165) is 18.2 Å². The molecule has 7 heteroatoms. The summed E-state index contributed by atoms with van der Waals surface area (Å²) in [6.45, 7) is 3.78. The van der Waals surface area contributed by atoms with Crippen molar-refractivity contribution < 1.29 is 4.79 Å². The summed E-state index contributed by atoms with van der Waals surface area (Å²) in [5.41, 5.74) is 7.97. The molecule has 2 rings (SSSR count). The minimum atomic E-state index is -0.488. The Morgan fingerprint density at radius 2 is 1.92 bits per heavy atom. The monoisotopic (exact) mass is 351 g/mol. The van der Waals surface area contributed by atoms with Gasteiger partial charge >= 0.3 is 0 Å². The SMILES string of the molecule is CCc1ccc(NC(=O)[C@H](C)Sc2nc(N)c(C#N)cc2C#N)cc1. The molecule has 0 aliphatic rings. The van der Waals surface area contributed by atoms with E-state index in [9.17, 15) is 10.1 Å². The quantitative estimate of drug-likeness (QED) is 0.800. The third-order valence-corrected chi connectivity index (χ3v) is 4.65. The van der Waals surface area contributed by atoms with Crippen molar-refractivity contribution in [3.63, 3.8) is 0 Å². The summed E-state index contributed by atoms with van der Waals surface area (Å²) in [5, 5.41) is 20.8. The van der Waals surface area contributed by atoms with E-state index in [2.05, 4.69) is 17.2 Å². The fourth-order valence-corrected chi connectivity index (χ4v) is 2.94. The highest BCUT2D eigenvalue weighted by atomic mass is 32.2. The Hall–Kier alpha value is -3.03. The second kappa shape index (κ2) is 8.18. The molecule has 3 N–H and O–H groups in total. The van der Waals surface area contributed by atoms with Crippen LogP contribution < -0.4 is 11.1 Å². The Bertz CT molecular complexity index is 865.